The molecule has 1 N–H and O–H groups in total. The van der Waals surface area contributed by atoms with E-state index in [-0.39, 0.29) is 0 Å². The monoisotopic (exact) mass is 261 g/mol. The Morgan fingerprint density at radius 2 is 1.89 bits per heavy atom. The van der Waals surface area contributed by atoms with Gasteiger partial charge in [-0.1, -0.05) is 37.1 Å². The smallest absolute Gasteiger partial charge is 0.132 e. The standard InChI is InChI=1S/C14H16ClN3/c1-3-4-12-13(17-9-18-14(12)16-2)10-5-7-11(15)8-6-10/h5-9H,3-4H2,1-2H3,(H,16,17,18). The Hall–Kier alpha value is -1.61. The third-order valence-corrected chi connectivity index (χ3v) is 3.05. The third kappa shape index (κ3) is 2.62. The minimum atomic E-state index is 0.735. The molecule has 0 bridgehead atoms. The zero-order chi connectivity index (χ0) is 13.0. The van der Waals surface area contributed by atoms with Crippen LogP contribution in [0.25, 0.3) is 11.3 Å². The predicted octanol–water partition coefficient (Wildman–Crippen LogP) is 3.79. The van der Waals surface area contributed by atoms with Crippen LogP contribution in [0, 0.1) is 0 Å². The number of halogens is 1. The number of rotatable bonds is 4. The first-order valence-electron chi connectivity index (χ1n) is 6.03. The van der Waals surface area contributed by atoms with Crippen LogP contribution in [0.3, 0.4) is 0 Å². The summed E-state index contributed by atoms with van der Waals surface area (Å²) in [5.74, 6) is 0.900. The van der Waals surface area contributed by atoms with Crippen molar-refractivity contribution < 1.29 is 0 Å². The molecule has 1 heterocycles. The number of anilines is 1. The van der Waals surface area contributed by atoms with Crippen LogP contribution in [0.1, 0.15) is 18.9 Å². The van der Waals surface area contributed by atoms with Crippen molar-refractivity contribution in [3.05, 3.63) is 41.2 Å². The first kappa shape index (κ1) is 12.8. The lowest BCUT2D eigenvalue weighted by Gasteiger charge is -2.12. The normalized spacial score (nSPS) is 10.4. The molecule has 3 nitrogen and oxygen atoms in total. The molecule has 1 aromatic carbocycles. The van der Waals surface area contributed by atoms with Crippen LogP contribution < -0.4 is 5.32 Å². The van der Waals surface area contributed by atoms with E-state index in [4.69, 9.17) is 11.6 Å². The van der Waals surface area contributed by atoms with Gasteiger partial charge >= 0.3 is 0 Å². The summed E-state index contributed by atoms with van der Waals surface area (Å²) in [6.07, 6.45) is 3.60. The Morgan fingerprint density at radius 3 is 2.50 bits per heavy atom. The van der Waals surface area contributed by atoms with Crippen LogP contribution in [-0.2, 0) is 6.42 Å². The van der Waals surface area contributed by atoms with Crippen molar-refractivity contribution >= 4 is 17.4 Å². The Labute approximate surface area is 112 Å². The van der Waals surface area contributed by atoms with Crippen molar-refractivity contribution in [2.75, 3.05) is 12.4 Å². The fourth-order valence-electron chi connectivity index (χ4n) is 1.97. The molecule has 0 saturated heterocycles. The molecule has 2 rings (SSSR count). The van der Waals surface area contributed by atoms with Gasteiger partial charge in [-0.25, -0.2) is 9.97 Å². The lowest BCUT2D eigenvalue weighted by molar-refractivity contribution is 0.906. The molecule has 0 aliphatic carbocycles. The highest BCUT2D eigenvalue weighted by molar-refractivity contribution is 6.30. The van der Waals surface area contributed by atoms with Crippen molar-refractivity contribution in [1.29, 1.82) is 0 Å². The summed E-state index contributed by atoms with van der Waals surface area (Å²) in [5, 5.41) is 3.86. The quantitative estimate of drug-likeness (QED) is 0.910. The third-order valence-electron chi connectivity index (χ3n) is 2.80. The number of hydrogen-bond acceptors (Lipinski definition) is 3. The van der Waals surface area contributed by atoms with Gasteiger partial charge in [0, 0.05) is 23.2 Å². The number of benzene rings is 1. The van der Waals surface area contributed by atoms with Crippen LogP contribution >= 0.6 is 11.6 Å². The van der Waals surface area contributed by atoms with E-state index in [0.717, 1.165) is 40.5 Å². The summed E-state index contributed by atoms with van der Waals surface area (Å²) < 4.78 is 0. The van der Waals surface area contributed by atoms with Crippen molar-refractivity contribution in [3.8, 4) is 11.3 Å². The highest BCUT2D eigenvalue weighted by Gasteiger charge is 2.11. The molecule has 0 saturated carbocycles. The van der Waals surface area contributed by atoms with Gasteiger partial charge < -0.3 is 5.32 Å². The van der Waals surface area contributed by atoms with E-state index in [1.807, 2.05) is 31.3 Å². The van der Waals surface area contributed by atoms with Gasteiger partial charge in [0.2, 0.25) is 0 Å². The maximum Gasteiger partial charge on any atom is 0.132 e. The van der Waals surface area contributed by atoms with Crippen LogP contribution in [0.15, 0.2) is 30.6 Å². The summed E-state index contributed by atoms with van der Waals surface area (Å²) >= 11 is 5.91. The van der Waals surface area contributed by atoms with Crippen molar-refractivity contribution in [2.45, 2.75) is 19.8 Å². The minimum absolute atomic E-state index is 0.735. The molecule has 0 radical (unpaired) electrons. The average molecular weight is 262 g/mol. The van der Waals surface area contributed by atoms with Gasteiger partial charge in [0.25, 0.3) is 0 Å². The molecule has 18 heavy (non-hydrogen) atoms. The van der Waals surface area contributed by atoms with Crippen LogP contribution in [-0.4, -0.2) is 17.0 Å². The minimum Gasteiger partial charge on any atom is -0.373 e. The fraction of sp³-hybridized carbons (Fsp3) is 0.286. The molecule has 2 aromatic rings. The predicted molar refractivity (Wildman–Crippen MR) is 76.0 cm³/mol. The lowest BCUT2D eigenvalue weighted by atomic mass is 10.0. The number of hydrogen-bond donors (Lipinski definition) is 1. The van der Waals surface area contributed by atoms with Gasteiger partial charge in [0.1, 0.15) is 12.1 Å². The molecule has 1 aromatic heterocycles. The molecule has 0 amide bonds. The van der Waals surface area contributed by atoms with Gasteiger partial charge in [0.15, 0.2) is 0 Å². The topological polar surface area (TPSA) is 37.8 Å². The summed E-state index contributed by atoms with van der Waals surface area (Å²) in [6.45, 7) is 2.15. The molecule has 0 aliphatic rings. The van der Waals surface area contributed by atoms with Crippen molar-refractivity contribution in [3.63, 3.8) is 0 Å². The SMILES string of the molecule is CCCc1c(NC)ncnc1-c1ccc(Cl)cc1. The number of nitrogens with zero attached hydrogens (tertiary/aromatic N) is 2. The summed E-state index contributed by atoms with van der Waals surface area (Å²) in [5.41, 5.74) is 3.21. The molecular formula is C14H16ClN3. The molecular weight excluding hydrogens is 246 g/mol. The second kappa shape index (κ2) is 5.83. The number of aromatic nitrogens is 2. The average Bonchev–Trinajstić information content (AvgIpc) is 2.40. The van der Waals surface area contributed by atoms with E-state index < -0.39 is 0 Å². The van der Waals surface area contributed by atoms with E-state index in [9.17, 15) is 0 Å². The van der Waals surface area contributed by atoms with Gasteiger partial charge in [-0.05, 0) is 18.6 Å². The molecule has 4 heteroatoms. The first-order valence-corrected chi connectivity index (χ1v) is 6.41. The number of nitrogens with one attached hydrogen (secondary N) is 1. The molecule has 0 unspecified atom stereocenters. The molecule has 0 aliphatic heterocycles. The fourth-order valence-corrected chi connectivity index (χ4v) is 2.10. The zero-order valence-electron chi connectivity index (χ0n) is 10.6. The Kier molecular flexibility index (Phi) is 4.15. The van der Waals surface area contributed by atoms with Gasteiger partial charge in [0.05, 0.1) is 5.69 Å². The second-order valence-corrected chi connectivity index (χ2v) is 4.49. The highest BCUT2D eigenvalue weighted by Crippen LogP contribution is 2.27. The molecule has 0 atom stereocenters. The second-order valence-electron chi connectivity index (χ2n) is 4.06. The summed E-state index contributed by atoms with van der Waals surface area (Å²) in [7, 11) is 1.88. The zero-order valence-corrected chi connectivity index (χ0v) is 11.3. The van der Waals surface area contributed by atoms with Crippen LogP contribution in [0.2, 0.25) is 5.02 Å². The van der Waals surface area contributed by atoms with E-state index >= 15 is 0 Å². The van der Waals surface area contributed by atoms with E-state index in [0.29, 0.717) is 0 Å². The van der Waals surface area contributed by atoms with E-state index in [1.54, 1.807) is 6.33 Å². The van der Waals surface area contributed by atoms with E-state index in [1.165, 1.54) is 0 Å². The first-order chi connectivity index (χ1) is 8.76. The van der Waals surface area contributed by atoms with Gasteiger partial charge in [-0.15, -0.1) is 0 Å². The van der Waals surface area contributed by atoms with Gasteiger partial charge in [-0.3, -0.25) is 0 Å². The summed E-state index contributed by atoms with van der Waals surface area (Å²) in [6, 6.07) is 7.74. The van der Waals surface area contributed by atoms with Crippen LogP contribution in [0.5, 0.6) is 0 Å². The van der Waals surface area contributed by atoms with E-state index in [2.05, 4.69) is 22.2 Å². The summed E-state index contributed by atoms with van der Waals surface area (Å²) in [4.78, 5) is 8.68. The van der Waals surface area contributed by atoms with Gasteiger partial charge in [-0.2, -0.15) is 0 Å². The molecule has 94 valence electrons. The Morgan fingerprint density at radius 1 is 1.17 bits per heavy atom. The van der Waals surface area contributed by atoms with Crippen molar-refractivity contribution in [2.24, 2.45) is 0 Å². The Bertz CT molecular complexity index is 523. The van der Waals surface area contributed by atoms with Crippen molar-refractivity contribution in [1.82, 2.24) is 9.97 Å². The largest absolute Gasteiger partial charge is 0.373 e. The molecule has 0 fully saturated rings. The Balaban J connectivity index is 2.52. The van der Waals surface area contributed by atoms with Crippen LogP contribution in [0.4, 0.5) is 5.82 Å². The highest BCUT2D eigenvalue weighted by atomic mass is 35.5. The molecule has 0 spiro atoms. The maximum atomic E-state index is 5.91. The lowest BCUT2D eigenvalue weighted by Crippen LogP contribution is -2.02. The maximum absolute atomic E-state index is 5.91.